The normalized spacial score (nSPS) is 11.3. The summed E-state index contributed by atoms with van der Waals surface area (Å²) < 4.78 is 8.23. The number of esters is 2. The quantitative estimate of drug-likeness (QED) is 0.460. The van der Waals surface area contributed by atoms with Crippen LogP contribution in [0.2, 0.25) is 0 Å². The molecule has 21 heavy (non-hydrogen) atoms. The Kier molecular flexibility index (Phi) is 21.5. The molecule has 0 aliphatic carbocycles. The zero-order chi connectivity index (χ0) is 15.4. The summed E-state index contributed by atoms with van der Waals surface area (Å²) in [6, 6.07) is 0. The van der Waals surface area contributed by atoms with Crippen LogP contribution in [0.15, 0.2) is 0 Å². The van der Waals surface area contributed by atoms with Crippen molar-refractivity contribution in [1.82, 2.24) is 0 Å². The predicted molar refractivity (Wildman–Crippen MR) is 73.5 cm³/mol. The first kappa shape index (κ1) is 27.6. The van der Waals surface area contributed by atoms with Gasteiger partial charge in [-0.25, -0.2) is 9.59 Å². The van der Waals surface area contributed by atoms with Gasteiger partial charge in [0.2, 0.25) is 0 Å². The zero-order valence-corrected chi connectivity index (χ0v) is 10.6. The highest BCUT2D eigenvalue weighted by Gasteiger charge is 2.18. The van der Waals surface area contributed by atoms with Crippen LogP contribution in [0.4, 0.5) is 0 Å². The van der Waals surface area contributed by atoms with E-state index >= 15 is 0 Å². The lowest BCUT2D eigenvalue weighted by Gasteiger charge is -2.03. The first-order valence-electron chi connectivity index (χ1n) is 5.14. The van der Waals surface area contributed by atoms with E-state index < -0.39 is 36.5 Å². The standard InChI is InChI=1S/C5H8O5.C5H10O4.2CH4/c1-10-5(9)3(6)2-4(7)8;1-9-5(8)4(7)2-3-6;;/h3,6H,2H2,1H3,(H,7,8);4,6-7H,2-3H2,1H3;2*1H4. The molecule has 0 aromatic heterocycles. The van der Waals surface area contributed by atoms with Crippen molar-refractivity contribution in [1.29, 1.82) is 0 Å². The number of rotatable bonds is 6. The molecule has 0 saturated carbocycles. The number of aliphatic hydroxyl groups is 3. The summed E-state index contributed by atoms with van der Waals surface area (Å²) in [5.74, 6) is -2.87. The van der Waals surface area contributed by atoms with Gasteiger partial charge in [0.15, 0.2) is 12.2 Å². The molecule has 0 bridgehead atoms. The van der Waals surface area contributed by atoms with Gasteiger partial charge in [0.1, 0.15) is 0 Å². The molecule has 0 aromatic rings. The first-order valence-corrected chi connectivity index (χ1v) is 5.14. The summed E-state index contributed by atoms with van der Waals surface area (Å²) in [7, 11) is 2.26. The number of aliphatic hydroxyl groups excluding tert-OH is 3. The molecule has 0 heterocycles. The first-order chi connectivity index (χ1) is 8.79. The van der Waals surface area contributed by atoms with Crippen molar-refractivity contribution in [2.75, 3.05) is 20.8 Å². The van der Waals surface area contributed by atoms with Crippen LogP contribution in [0.25, 0.3) is 0 Å². The molecule has 0 aromatic carbocycles. The lowest BCUT2D eigenvalue weighted by molar-refractivity contribution is -0.155. The second-order valence-corrected chi connectivity index (χ2v) is 3.19. The van der Waals surface area contributed by atoms with Crippen LogP contribution in [-0.2, 0) is 23.9 Å². The maximum Gasteiger partial charge on any atom is 0.335 e. The Morgan fingerprint density at radius 2 is 1.33 bits per heavy atom. The van der Waals surface area contributed by atoms with Crippen molar-refractivity contribution in [3.8, 4) is 0 Å². The van der Waals surface area contributed by atoms with Crippen molar-refractivity contribution < 1.29 is 44.3 Å². The third-order valence-electron chi connectivity index (χ3n) is 1.72. The van der Waals surface area contributed by atoms with Crippen LogP contribution < -0.4 is 0 Å². The molecule has 0 radical (unpaired) electrons. The fraction of sp³-hybridized carbons (Fsp3) is 0.750. The van der Waals surface area contributed by atoms with E-state index in [-0.39, 0.29) is 27.9 Å². The molecule has 0 fully saturated rings. The Hall–Kier alpha value is -1.71. The average Bonchev–Trinajstić information content (AvgIpc) is 2.36. The number of hydrogen-bond donors (Lipinski definition) is 4. The van der Waals surface area contributed by atoms with Gasteiger partial charge in [0.05, 0.1) is 20.6 Å². The molecular weight excluding hydrogens is 288 g/mol. The third-order valence-corrected chi connectivity index (χ3v) is 1.72. The molecule has 0 amide bonds. The Labute approximate surface area is 124 Å². The average molecular weight is 314 g/mol. The monoisotopic (exact) mass is 314 g/mol. The molecule has 9 nitrogen and oxygen atoms in total. The summed E-state index contributed by atoms with van der Waals surface area (Å²) in [5, 5.41) is 33.6. The highest BCUT2D eigenvalue weighted by atomic mass is 16.5. The molecule has 9 heteroatoms. The van der Waals surface area contributed by atoms with Gasteiger partial charge in [-0.05, 0) is 0 Å². The van der Waals surface area contributed by atoms with Gasteiger partial charge in [-0.15, -0.1) is 0 Å². The van der Waals surface area contributed by atoms with E-state index in [9.17, 15) is 14.4 Å². The van der Waals surface area contributed by atoms with Crippen LogP contribution in [-0.4, -0.2) is 71.4 Å². The molecule has 0 saturated heterocycles. The van der Waals surface area contributed by atoms with Crippen molar-refractivity contribution in [2.24, 2.45) is 0 Å². The molecule has 0 rings (SSSR count). The van der Waals surface area contributed by atoms with E-state index in [4.69, 9.17) is 20.4 Å². The molecule has 0 aliphatic heterocycles. The number of carbonyl (C=O) groups is 3. The second kappa shape index (κ2) is 16.3. The number of carboxylic acids is 1. The van der Waals surface area contributed by atoms with Gasteiger partial charge in [0, 0.05) is 13.0 Å². The van der Waals surface area contributed by atoms with Gasteiger partial charge < -0.3 is 29.9 Å². The number of ether oxygens (including phenoxy) is 2. The van der Waals surface area contributed by atoms with E-state index in [0.717, 1.165) is 7.11 Å². The summed E-state index contributed by atoms with van der Waals surface area (Å²) in [6.07, 6.45) is -3.32. The highest BCUT2D eigenvalue weighted by Crippen LogP contribution is 1.93. The number of methoxy groups -OCH3 is 2. The van der Waals surface area contributed by atoms with Crippen LogP contribution in [0, 0.1) is 0 Å². The van der Waals surface area contributed by atoms with E-state index in [1.807, 2.05) is 0 Å². The molecule has 4 N–H and O–H groups in total. The zero-order valence-electron chi connectivity index (χ0n) is 10.6. The summed E-state index contributed by atoms with van der Waals surface area (Å²) >= 11 is 0. The van der Waals surface area contributed by atoms with Gasteiger partial charge in [0.25, 0.3) is 0 Å². The van der Waals surface area contributed by atoms with Crippen molar-refractivity contribution in [3.05, 3.63) is 0 Å². The van der Waals surface area contributed by atoms with Gasteiger partial charge in [-0.2, -0.15) is 0 Å². The second-order valence-electron chi connectivity index (χ2n) is 3.19. The minimum atomic E-state index is -1.55. The largest absolute Gasteiger partial charge is 0.481 e. The van der Waals surface area contributed by atoms with Crippen LogP contribution in [0.1, 0.15) is 27.7 Å². The number of aliphatic carboxylic acids is 1. The summed E-state index contributed by atoms with van der Waals surface area (Å²) in [5.41, 5.74) is 0. The lowest BCUT2D eigenvalue weighted by Crippen LogP contribution is -2.24. The summed E-state index contributed by atoms with van der Waals surface area (Å²) in [4.78, 5) is 30.5. The van der Waals surface area contributed by atoms with E-state index in [1.54, 1.807) is 0 Å². The molecule has 128 valence electrons. The van der Waals surface area contributed by atoms with E-state index in [1.165, 1.54) is 7.11 Å². The maximum absolute atomic E-state index is 10.3. The molecular formula is C12H26O9. The van der Waals surface area contributed by atoms with Crippen molar-refractivity contribution in [2.45, 2.75) is 39.9 Å². The smallest absolute Gasteiger partial charge is 0.335 e. The van der Waals surface area contributed by atoms with E-state index in [2.05, 4.69) is 9.47 Å². The summed E-state index contributed by atoms with van der Waals surface area (Å²) in [6.45, 7) is -0.212. The molecule has 0 aliphatic rings. The van der Waals surface area contributed by atoms with E-state index in [0.29, 0.717) is 0 Å². The van der Waals surface area contributed by atoms with Crippen LogP contribution in [0.5, 0.6) is 0 Å². The Bertz CT molecular complexity index is 290. The number of carbonyl (C=O) groups excluding carboxylic acids is 2. The van der Waals surface area contributed by atoms with Crippen molar-refractivity contribution >= 4 is 17.9 Å². The lowest BCUT2D eigenvalue weighted by atomic mass is 10.3. The Balaban J connectivity index is -0.000000126. The minimum absolute atomic E-state index is 0. The molecule has 2 atom stereocenters. The fourth-order valence-corrected chi connectivity index (χ4v) is 0.761. The number of hydrogen-bond acceptors (Lipinski definition) is 8. The number of carboxylic acid groups (broad SMARTS) is 1. The third kappa shape index (κ3) is 16.2. The molecule has 0 spiro atoms. The van der Waals surface area contributed by atoms with Gasteiger partial charge in [-0.1, -0.05) is 14.9 Å². The fourth-order valence-electron chi connectivity index (χ4n) is 0.761. The predicted octanol–water partition coefficient (Wildman–Crippen LogP) is -0.830. The SMILES string of the molecule is C.C.COC(=O)C(O)CC(=O)O.COC(=O)C(O)CCO. The van der Waals surface area contributed by atoms with Crippen LogP contribution in [0.3, 0.4) is 0 Å². The van der Waals surface area contributed by atoms with Crippen molar-refractivity contribution in [3.63, 3.8) is 0 Å². The van der Waals surface area contributed by atoms with Gasteiger partial charge >= 0.3 is 17.9 Å². The highest BCUT2D eigenvalue weighted by molar-refractivity contribution is 5.80. The minimum Gasteiger partial charge on any atom is -0.481 e. The topological polar surface area (TPSA) is 151 Å². The molecule has 2 unspecified atom stereocenters. The Morgan fingerprint density at radius 1 is 0.952 bits per heavy atom. The Morgan fingerprint density at radius 3 is 1.62 bits per heavy atom. The van der Waals surface area contributed by atoms with Crippen LogP contribution >= 0.6 is 0 Å². The maximum atomic E-state index is 10.3. The van der Waals surface area contributed by atoms with Gasteiger partial charge in [-0.3, -0.25) is 4.79 Å².